The lowest BCUT2D eigenvalue weighted by Crippen LogP contribution is -2.53. The Morgan fingerprint density at radius 3 is 2.89 bits per heavy atom. The fraction of sp³-hybridized carbons (Fsp3) is 0.357. The van der Waals surface area contributed by atoms with Crippen LogP contribution in [0.15, 0.2) is 30.5 Å². The Hall–Kier alpha value is -1.36. The van der Waals surface area contributed by atoms with Gasteiger partial charge in [-0.25, -0.2) is 0 Å². The van der Waals surface area contributed by atoms with Crippen molar-refractivity contribution < 1.29 is 9.53 Å². The first-order valence-corrected chi connectivity index (χ1v) is 6.13. The number of fused-ring (bicyclic) bond motifs is 1. The standard InChI is InChI=1S/C14H16N2O2.ClH/c1-14(10-18-7-6-15-14)16-8-11(9-17)12-4-2-3-5-13(12)16;/h2-5,8-9,15H,6-7,10H2,1H3;1H/t14-;/m1./s1. The molecule has 2 aromatic rings. The van der Waals surface area contributed by atoms with Gasteiger partial charge < -0.3 is 9.30 Å². The molecule has 1 aromatic carbocycles. The predicted octanol–water partition coefficient (Wildman–Crippen LogP) is 2.17. The number of rotatable bonds is 2. The van der Waals surface area contributed by atoms with E-state index in [4.69, 9.17) is 4.74 Å². The van der Waals surface area contributed by atoms with Crippen LogP contribution in [0.3, 0.4) is 0 Å². The number of carbonyl (C=O) groups excluding carboxylic acids is 1. The summed E-state index contributed by atoms with van der Waals surface area (Å²) in [6.45, 7) is 4.24. The molecule has 0 bridgehead atoms. The number of aromatic nitrogens is 1. The zero-order valence-corrected chi connectivity index (χ0v) is 11.6. The highest BCUT2D eigenvalue weighted by atomic mass is 35.5. The maximum absolute atomic E-state index is 11.2. The Labute approximate surface area is 118 Å². The molecular formula is C14H17ClN2O2. The quantitative estimate of drug-likeness (QED) is 0.858. The third-order valence-electron chi connectivity index (χ3n) is 3.54. The number of ether oxygens (including phenoxy) is 1. The van der Waals surface area contributed by atoms with Gasteiger partial charge in [0.05, 0.1) is 18.7 Å². The highest BCUT2D eigenvalue weighted by molar-refractivity contribution is 5.97. The van der Waals surface area contributed by atoms with E-state index in [9.17, 15) is 4.79 Å². The number of hydrogen-bond donors (Lipinski definition) is 1. The molecule has 1 aliphatic heterocycles. The van der Waals surface area contributed by atoms with E-state index in [0.717, 1.165) is 35.9 Å². The van der Waals surface area contributed by atoms with E-state index in [-0.39, 0.29) is 18.1 Å². The van der Waals surface area contributed by atoms with Crippen LogP contribution < -0.4 is 5.32 Å². The Morgan fingerprint density at radius 2 is 2.21 bits per heavy atom. The zero-order valence-electron chi connectivity index (χ0n) is 10.8. The van der Waals surface area contributed by atoms with Gasteiger partial charge in [-0.05, 0) is 13.0 Å². The van der Waals surface area contributed by atoms with Crippen molar-refractivity contribution in [3.05, 3.63) is 36.0 Å². The summed E-state index contributed by atoms with van der Waals surface area (Å²) in [7, 11) is 0. The van der Waals surface area contributed by atoms with Crippen LogP contribution in [0.2, 0.25) is 0 Å². The number of benzene rings is 1. The molecule has 5 heteroatoms. The lowest BCUT2D eigenvalue weighted by atomic mass is 10.1. The van der Waals surface area contributed by atoms with Crippen LogP contribution in [0.25, 0.3) is 10.9 Å². The normalized spacial score (nSPS) is 23.0. The molecule has 1 aliphatic rings. The van der Waals surface area contributed by atoms with Crippen molar-refractivity contribution in [1.29, 1.82) is 0 Å². The molecule has 1 fully saturated rings. The van der Waals surface area contributed by atoms with Gasteiger partial charge in [0, 0.05) is 23.7 Å². The average Bonchev–Trinajstić information content (AvgIpc) is 2.79. The van der Waals surface area contributed by atoms with E-state index in [2.05, 4.69) is 16.8 Å². The first-order chi connectivity index (χ1) is 8.74. The molecule has 0 aliphatic carbocycles. The van der Waals surface area contributed by atoms with E-state index in [0.29, 0.717) is 6.61 Å². The molecule has 2 heterocycles. The molecule has 3 rings (SSSR count). The first-order valence-electron chi connectivity index (χ1n) is 6.13. The highest BCUT2D eigenvalue weighted by Crippen LogP contribution is 2.26. The van der Waals surface area contributed by atoms with Crippen LogP contribution >= 0.6 is 12.4 Å². The van der Waals surface area contributed by atoms with Crippen LogP contribution in [0.5, 0.6) is 0 Å². The maximum atomic E-state index is 11.2. The van der Waals surface area contributed by atoms with Gasteiger partial charge >= 0.3 is 0 Å². The van der Waals surface area contributed by atoms with Crippen LogP contribution in [0, 0.1) is 0 Å². The number of halogens is 1. The monoisotopic (exact) mass is 280 g/mol. The minimum atomic E-state index is -0.293. The maximum Gasteiger partial charge on any atom is 0.152 e. The Morgan fingerprint density at radius 1 is 1.42 bits per heavy atom. The smallest absolute Gasteiger partial charge is 0.152 e. The molecule has 0 amide bonds. The Kier molecular flexibility index (Phi) is 3.94. The fourth-order valence-electron chi connectivity index (χ4n) is 2.58. The Bertz CT molecular complexity index is 588. The minimum Gasteiger partial charge on any atom is -0.376 e. The van der Waals surface area contributed by atoms with E-state index in [1.165, 1.54) is 0 Å². The van der Waals surface area contributed by atoms with Crippen LogP contribution in [0.4, 0.5) is 0 Å². The van der Waals surface area contributed by atoms with Crippen molar-refractivity contribution in [2.75, 3.05) is 19.8 Å². The van der Waals surface area contributed by atoms with Gasteiger partial charge in [-0.3, -0.25) is 10.1 Å². The molecule has 1 atom stereocenters. The van der Waals surface area contributed by atoms with Crippen molar-refractivity contribution in [1.82, 2.24) is 9.88 Å². The van der Waals surface area contributed by atoms with Gasteiger partial charge in [0.2, 0.25) is 0 Å². The third kappa shape index (κ3) is 2.27. The summed E-state index contributed by atoms with van der Waals surface area (Å²) in [6, 6.07) is 7.94. The van der Waals surface area contributed by atoms with Gasteiger partial charge in [-0.1, -0.05) is 18.2 Å². The summed E-state index contributed by atoms with van der Waals surface area (Å²) in [6.07, 6.45) is 2.81. The number of hydrogen-bond acceptors (Lipinski definition) is 3. The van der Waals surface area contributed by atoms with Crippen LogP contribution in [-0.4, -0.2) is 30.6 Å². The van der Waals surface area contributed by atoms with Crippen molar-refractivity contribution in [3.63, 3.8) is 0 Å². The summed E-state index contributed by atoms with van der Waals surface area (Å²) in [5.74, 6) is 0. The van der Waals surface area contributed by atoms with Gasteiger partial charge in [0.15, 0.2) is 6.29 Å². The molecule has 1 N–H and O–H groups in total. The molecule has 1 saturated heterocycles. The molecule has 0 saturated carbocycles. The number of carbonyl (C=O) groups is 1. The fourth-order valence-corrected chi connectivity index (χ4v) is 2.58. The second-order valence-corrected chi connectivity index (χ2v) is 4.84. The third-order valence-corrected chi connectivity index (χ3v) is 3.54. The number of morpholine rings is 1. The summed E-state index contributed by atoms with van der Waals surface area (Å²) in [5, 5.41) is 4.45. The van der Waals surface area contributed by atoms with Gasteiger partial charge in [0.25, 0.3) is 0 Å². The highest BCUT2D eigenvalue weighted by Gasteiger charge is 2.30. The van der Waals surface area contributed by atoms with Crippen LogP contribution in [0.1, 0.15) is 17.3 Å². The van der Waals surface area contributed by atoms with E-state index in [1.807, 2.05) is 30.5 Å². The SMILES string of the molecule is C[C@@]1(n2cc(C=O)c3ccccc32)COCCN1.Cl. The van der Waals surface area contributed by atoms with E-state index in [1.54, 1.807) is 0 Å². The summed E-state index contributed by atoms with van der Waals surface area (Å²) < 4.78 is 7.66. The number of nitrogens with one attached hydrogen (secondary N) is 1. The number of nitrogens with zero attached hydrogens (tertiary/aromatic N) is 1. The summed E-state index contributed by atoms with van der Waals surface area (Å²) >= 11 is 0. The molecule has 0 spiro atoms. The largest absolute Gasteiger partial charge is 0.376 e. The minimum absolute atomic E-state index is 0. The molecule has 0 unspecified atom stereocenters. The van der Waals surface area contributed by atoms with Crippen molar-refractivity contribution in [2.45, 2.75) is 12.6 Å². The second kappa shape index (κ2) is 5.33. The molecule has 19 heavy (non-hydrogen) atoms. The predicted molar refractivity (Wildman–Crippen MR) is 77.0 cm³/mol. The first kappa shape index (κ1) is 14.1. The van der Waals surface area contributed by atoms with Crippen molar-refractivity contribution >= 4 is 29.6 Å². The summed E-state index contributed by atoms with van der Waals surface area (Å²) in [5.41, 5.74) is 1.48. The van der Waals surface area contributed by atoms with E-state index < -0.39 is 0 Å². The van der Waals surface area contributed by atoms with E-state index >= 15 is 0 Å². The lowest BCUT2D eigenvalue weighted by molar-refractivity contribution is 0.000654. The molecule has 4 nitrogen and oxygen atoms in total. The van der Waals surface area contributed by atoms with Crippen LogP contribution in [-0.2, 0) is 10.4 Å². The summed E-state index contributed by atoms with van der Waals surface area (Å²) in [4.78, 5) is 11.2. The van der Waals surface area contributed by atoms with Gasteiger partial charge in [-0.2, -0.15) is 0 Å². The molecule has 1 aromatic heterocycles. The number of para-hydroxylation sites is 1. The van der Waals surface area contributed by atoms with Crippen molar-refractivity contribution in [2.24, 2.45) is 0 Å². The molecular weight excluding hydrogens is 264 g/mol. The second-order valence-electron chi connectivity index (χ2n) is 4.84. The van der Waals surface area contributed by atoms with Crippen molar-refractivity contribution in [3.8, 4) is 0 Å². The van der Waals surface area contributed by atoms with Gasteiger partial charge in [-0.15, -0.1) is 12.4 Å². The Balaban J connectivity index is 0.00000133. The van der Waals surface area contributed by atoms with Gasteiger partial charge in [0.1, 0.15) is 5.66 Å². The topological polar surface area (TPSA) is 43.3 Å². The zero-order chi connectivity index (χ0) is 12.6. The lowest BCUT2D eigenvalue weighted by Gasteiger charge is -2.36. The number of aldehydes is 1. The average molecular weight is 281 g/mol. The molecule has 0 radical (unpaired) electrons. The molecule has 102 valence electrons.